The maximum absolute atomic E-state index is 12.1. The van der Waals surface area contributed by atoms with E-state index in [2.05, 4.69) is 5.32 Å². The van der Waals surface area contributed by atoms with Crippen LogP contribution in [-0.4, -0.2) is 25.8 Å². The molecule has 6 heteroatoms. The summed E-state index contributed by atoms with van der Waals surface area (Å²) in [5, 5.41) is 2.75. The average Bonchev–Trinajstić information content (AvgIpc) is 2.90. The first-order valence-corrected chi connectivity index (χ1v) is 9.18. The quantitative estimate of drug-likeness (QED) is 0.935. The smallest absolute Gasteiger partial charge is 0.228 e. The molecule has 5 nitrogen and oxygen atoms in total. The fourth-order valence-corrected chi connectivity index (χ4v) is 4.22. The van der Waals surface area contributed by atoms with Crippen molar-refractivity contribution in [2.24, 2.45) is 5.92 Å². The predicted octanol–water partition coefficient (Wildman–Crippen LogP) is 2.85. The number of hydrogen-bond donors (Lipinski definition) is 1. The number of ether oxygens (including phenoxy) is 1. The lowest BCUT2D eigenvalue weighted by Crippen LogP contribution is -2.23. The third-order valence-electron chi connectivity index (χ3n) is 3.70. The minimum absolute atomic E-state index is 0.0615. The van der Waals surface area contributed by atoms with Crippen molar-refractivity contribution in [1.29, 1.82) is 0 Å². The van der Waals surface area contributed by atoms with Crippen LogP contribution in [0.25, 0.3) is 0 Å². The molecule has 0 bridgehead atoms. The molecule has 23 heavy (non-hydrogen) atoms. The van der Waals surface area contributed by atoms with E-state index in [1.54, 1.807) is 24.3 Å². The van der Waals surface area contributed by atoms with Crippen molar-refractivity contribution in [3.05, 3.63) is 54.6 Å². The van der Waals surface area contributed by atoms with Gasteiger partial charge in [0.1, 0.15) is 11.5 Å². The van der Waals surface area contributed by atoms with Crippen LogP contribution in [0.5, 0.6) is 11.5 Å². The SMILES string of the molecule is O=C(Nc1ccc(Oc2ccccc2)cc1)[C@@H]1CCS(=O)(=O)C1. The summed E-state index contributed by atoms with van der Waals surface area (Å²) in [6, 6.07) is 16.4. The van der Waals surface area contributed by atoms with E-state index in [1.165, 1.54) is 0 Å². The summed E-state index contributed by atoms with van der Waals surface area (Å²) >= 11 is 0. The first-order valence-electron chi connectivity index (χ1n) is 7.36. The summed E-state index contributed by atoms with van der Waals surface area (Å²) in [6.45, 7) is 0. The molecule has 0 radical (unpaired) electrons. The highest BCUT2D eigenvalue weighted by molar-refractivity contribution is 7.91. The zero-order valence-corrected chi connectivity index (χ0v) is 13.3. The highest BCUT2D eigenvalue weighted by Crippen LogP contribution is 2.24. The third-order valence-corrected chi connectivity index (χ3v) is 5.47. The molecule has 1 N–H and O–H groups in total. The molecule has 1 fully saturated rings. The molecule has 2 aromatic rings. The van der Waals surface area contributed by atoms with Gasteiger partial charge in [-0.1, -0.05) is 18.2 Å². The molecule has 1 amide bonds. The van der Waals surface area contributed by atoms with E-state index < -0.39 is 15.8 Å². The molecular weight excluding hydrogens is 314 g/mol. The molecule has 0 aliphatic carbocycles. The van der Waals surface area contributed by atoms with Crippen LogP contribution in [-0.2, 0) is 14.6 Å². The second-order valence-electron chi connectivity index (χ2n) is 5.53. The summed E-state index contributed by atoms with van der Waals surface area (Å²) < 4.78 is 28.5. The largest absolute Gasteiger partial charge is 0.457 e. The van der Waals surface area contributed by atoms with Crippen LogP contribution in [0.4, 0.5) is 5.69 Å². The summed E-state index contributed by atoms with van der Waals surface area (Å²) in [6.07, 6.45) is 0.392. The zero-order chi connectivity index (χ0) is 16.3. The second-order valence-corrected chi connectivity index (χ2v) is 7.76. The predicted molar refractivity (Wildman–Crippen MR) is 88.3 cm³/mol. The van der Waals surface area contributed by atoms with Gasteiger partial charge in [-0.15, -0.1) is 0 Å². The van der Waals surface area contributed by atoms with Gasteiger partial charge >= 0.3 is 0 Å². The lowest BCUT2D eigenvalue weighted by atomic mass is 10.1. The first-order chi connectivity index (χ1) is 11.0. The fourth-order valence-electron chi connectivity index (χ4n) is 2.48. The van der Waals surface area contributed by atoms with Gasteiger partial charge in [-0.2, -0.15) is 0 Å². The van der Waals surface area contributed by atoms with Gasteiger partial charge in [0.25, 0.3) is 0 Å². The number of para-hydroxylation sites is 1. The van der Waals surface area contributed by atoms with Crippen molar-refractivity contribution in [2.75, 3.05) is 16.8 Å². The molecule has 1 heterocycles. The molecule has 1 aliphatic rings. The van der Waals surface area contributed by atoms with E-state index in [9.17, 15) is 13.2 Å². The molecule has 0 unspecified atom stereocenters. The molecule has 1 aliphatic heterocycles. The number of rotatable bonds is 4. The zero-order valence-electron chi connectivity index (χ0n) is 12.4. The van der Waals surface area contributed by atoms with Gasteiger partial charge in [-0.3, -0.25) is 4.79 Å². The highest BCUT2D eigenvalue weighted by Gasteiger charge is 2.32. The molecule has 2 aromatic carbocycles. The van der Waals surface area contributed by atoms with Crippen LogP contribution in [0.2, 0.25) is 0 Å². The van der Waals surface area contributed by atoms with Crippen molar-refractivity contribution >= 4 is 21.4 Å². The van der Waals surface area contributed by atoms with Crippen molar-refractivity contribution in [1.82, 2.24) is 0 Å². The van der Waals surface area contributed by atoms with E-state index in [4.69, 9.17) is 4.74 Å². The maximum atomic E-state index is 12.1. The van der Waals surface area contributed by atoms with Crippen LogP contribution >= 0.6 is 0 Å². The minimum Gasteiger partial charge on any atom is -0.457 e. The number of anilines is 1. The topological polar surface area (TPSA) is 72.5 Å². The van der Waals surface area contributed by atoms with Gasteiger partial charge in [0, 0.05) is 5.69 Å². The van der Waals surface area contributed by atoms with E-state index in [0.717, 1.165) is 5.75 Å². The molecule has 1 saturated heterocycles. The average molecular weight is 331 g/mol. The van der Waals surface area contributed by atoms with Crippen molar-refractivity contribution in [3.63, 3.8) is 0 Å². The molecule has 0 saturated carbocycles. The normalized spacial score (nSPS) is 19.2. The number of hydrogen-bond acceptors (Lipinski definition) is 4. The Hall–Kier alpha value is -2.34. The number of sulfone groups is 1. The van der Waals surface area contributed by atoms with E-state index in [-0.39, 0.29) is 17.4 Å². The van der Waals surface area contributed by atoms with Crippen LogP contribution in [0.3, 0.4) is 0 Å². The van der Waals surface area contributed by atoms with Crippen molar-refractivity contribution in [3.8, 4) is 11.5 Å². The van der Waals surface area contributed by atoms with Crippen LogP contribution in [0.1, 0.15) is 6.42 Å². The number of nitrogens with one attached hydrogen (secondary N) is 1. The number of carbonyl (C=O) groups excluding carboxylic acids is 1. The Labute approximate surface area is 135 Å². The van der Waals surface area contributed by atoms with Gasteiger partial charge in [0.2, 0.25) is 5.91 Å². The minimum atomic E-state index is -3.05. The Kier molecular flexibility index (Phi) is 4.34. The Bertz CT molecular complexity index is 785. The first kappa shape index (κ1) is 15.6. The summed E-state index contributed by atoms with van der Waals surface area (Å²) in [7, 11) is -3.05. The van der Waals surface area contributed by atoms with E-state index in [1.807, 2.05) is 30.3 Å². The number of benzene rings is 2. The van der Waals surface area contributed by atoms with Gasteiger partial charge < -0.3 is 10.1 Å². The molecular formula is C17H17NO4S. The van der Waals surface area contributed by atoms with E-state index >= 15 is 0 Å². The van der Waals surface area contributed by atoms with Crippen molar-refractivity contribution < 1.29 is 17.9 Å². The Balaban J connectivity index is 1.60. The number of carbonyl (C=O) groups is 1. The molecule has 120 valence electrons. The van der Waals surface area contributed by atoms with Gasteiger partial charge in [-0.25, -0.2) is 8.42 Å². The lowest BCUT2D eigenvalue weighted by molar-refractivity contribution is -0.119. The van der Waals surface area contributed by atoms with Crippen LogP contribution in [0, 0.1) is 5.92 Å². The summed E-state index contributed by atoms with van der Waals surface area (Å²) in [5.41, 5.74) is 0.625. The Morgan fingerprint density at radius 2 is 1.65 bits per heavy atom. The molecule has 1 atom stereocenters. The van der Waals surface area contributed by atoms with Gasteiger partial charge in [0.05, 0.1) is 17.4 Å². The van der Waals surface area contributed by atoms with E-state index in [0.29, 0.717) is 17.9 Å². The van der Waals surface area contributed by atoms with Gasteiger partial charge in [0.15, 0.2) is 9.84 Å². The van der Waals surface area contributed by atoms with Crippen LogP contribution < -0.4 is 10.1 Å². The Morgan fingerprint density at radius 3 is 2.26 bits per heavy atom. The highest BCUT2D eigenvalue weighted by atomic mass is 32.2. The standard InChI is InChI=1S/C17H17NO4S/c19-17(13-10-11-23(20,21)12-13)18-14-6-8-16(9-7-14)22-15-4-2-1-3-5-15/h1-9,13H,10-12H2,(H,18,19)/t13-/m1/s1. The summed E-state index contributed by atoms with van der Waals surface area (Å²) in [5.74, 6) is 0.726. The lowest BCUT2D eigenvalue weighted by Gasteiger charge is -2.10. The summed E-state index contributed by atoms with van der Waals surface area (Å²) in [4.78, 5) is 12.1. The van der Waals surface area contributed by atoms with Crippen molar-refractivity contribution in [2.45, 2.75) is 6.42 Å². The second kappa shape index (κ2) is 6.42. The fraction of sp³-hybridized carbons (Fsp3) is 0.235. The number of amides is 1. The van der Waals surface area contributed by atoms with Crippen LogP contribution in [0.15, 0.2) is 54.6 Å². The monoisotopic (exact) mass is 331 g/mol. The van der Waals surface area contributed by atoms with Gasteiger partial charge in [-0.05, 0) is 42.8 Å². The maximum Gasteiger partial charge on any atom is 0.228 e. The molecule has 0 aromatic heterocycles. The third kappa shape index (κ3) is 4.10. The molecule has 0 spiro atoms. The molecule has 3 rings (SSSR count). The Morgan fingerprint density at radius 1 is 1.00 bits per heavy atom.